The Morgan fingerprint density at radius 1 is 1.23 bits per heavy atom. The smallest absolute Gasteiger partial charge is 0.363 e. The Balaban J connectivity index is 1.71. The Bertz CT molecular complexity index is 751. The number of rotatable bonds is 4. The molecule has 0 aromatic carbocycles. The molecule has 26 heavy (non-hydrogen) atoms. The van der Waals surface area contributed by atoms with E-state index < -0.39 is 11.9 Å². The standard InChI is InChI=1S/C16H20F3N7/c1-25(2)13-5-6-20-15(24-13)23-11-4-3-7-26(9-11)14-8-12(16(17,18)19)21-10-22-14/h5-6,8,10-11H,3-4,7,9H2,1-2H3,(H,20,23,24). The summed E-state index contributed by atoms with van der Waals surface area (Å²) in [6, 6.07) is 2.81. The molecule has 3 rings (SSSR count). The van der Waals surface area contributed by atoms with E-state index in [0.29, 0.717) is 19.0 Å². The van der Waals surface area contributed by atoms with Gasteiger partial charge in [-0.25, -0.2) is 15.0 Å². The van der Waals surface area contributed by atoms with Crippen molar-refractivity contribution < 1.29 is 13.2 Å². The lowest BCUT2D eigenvalue weighted by molar-refractivity contribution is -0.141. The third-order valence-corrected chi connectivity index (χ3v) is 4.12. The van der Waals surface area contributed by atoms with Crippen LogP contribution in [-0.2, 0) is 6.18 Å². The molecule has 1 N–H and O–H groups in total. The van der Waals surface area contributed by atoms with Gasteiger partial charge in [0.15, 0.2) is 0 Å². The Morgan fingerprint density at radius 3 is 2.77 bits per heavy atom. The molecule has 1 aliphatic rings. The normalized spacial score (nSPS) is 17.9. The Kier molecular flexibility index (Phi) is 5.10. The molecule has 1 aliphatic heterocycles. The highest BCUT2D eigenvalue weighted by atomic mass is 19.4. The van der Waals surface area contributed by atoms with Crippen LogP contribution >= 0.6 is 0 Å². The maximum absolute atomic E-state index is 12.9. The Morgan fingerprint density at radius 2 is 2.04 bits per heavy atom. The van der Waals surface area contributed by atoms with Gasteiger partial charge in [-0.2, -0.15) is 18.2 Å². The highest BCUT2D eigenvalue weighted by Gasteiger charge is 2.33. The van der Waals surface area contributed by atoms with Gasteiger partial charge in [-0.15, -0.1) is 0 Å². The number of nitrogens with zero attached hydrogens (tertiary/aromatic N) is 6. The van der Waals surface area contributed by atoms with Crippen LogP contribution in [0.5, 0.6) is 0 Å². The fraction of sp³-hybridized carbons (Fsp3) is 0.500. The lowest BCUT2D eigenvalue weighted by atomic mass is 10.1. The number of hydrogen-bond donors (Lipinski definition) is 1. The van der Waals surface area contributed by atoms with Gasteiger partial charge in [-0.3, -0.25) is 0 Å². The summed E-state index contributed by atoms with van der Waals surface area (Å²) in [5.74, 6) is 1.56. The van der Waals surface area contributed by atoms with Crippen molar-refractivity contribution in [3.05, 3.63) is 30.4 Å². The summed E-state index contributed by atoms with van der Waals surface area (Å²) in [5.41, 5.74) is -0.931. The molecule has 0 aliphatic carbocycles. The van der Waals surface area contributed by atoms with Crippen molar-refractivity contribution in [2.24, 2.45) is 0 Å². The van der Waals surface area contributed by atoms with E-state index in [2.05, 4.69) is 25.3 Å². The molecule has 2 aromatic rings. The second kappa shape index (κ2) is 7.30. The second-order valence-electron chi connectivity index (χ2n) is 6.32. The van der Waals surface area contributed by atoms with E-state index >= 15 is 0 Å². The zero-order valence-electron chi connectivity index (χ0n) is 14.5. The molecule has 0 spiro atoms. The van der Waals surface area contributed by atoms with Crippen molar-refractivity contribution in [1.29, 1.82) is 0 Å². The molecule has 0 amide bonds. The topological polar surface area (TPSA) is 70.1 Å². The van der Waals surface area contributed by atoms with Crippen LogP contribution < -0.4 is 15.1 Å². The van der Waals surface area contributed by atoms with E-state index in [0.717, 1.165) is 31.1 Å². The number of alkyl halides is 3. The molecule has 1 atom stereocenters. The average molecular weight is 367 g/mol. The van der Waals surface area contributed by atoms with E-state index in [-0.39, 0.29) is 11.9 Å². The fourth-order valence-electron chi connectivity index (χ4n) is 2.83. The first-order valence-corrected chi connectivity index (χ1v) is 8.24. The molecular weight excluding hydrogens is 347 g/mol. The summed E-state index contributed by atoms with van der Waals surface area (Å²) in [7, 11) is 3.78. The van der Waals surface area contributed by atoms with Crippen LogP contribution in [0.1, 0.15) is 18.5 Å². The predicted octanol–water partition coefficient (Wildman–Crippen LogP) is 2.43. The third-order valence-electron chi connectivity index (χ3n) is 4.12. The lowest BCUT2D eigenvalue weighted by Gasteiger charge is -2.34. The van der Waals surface area contributed by atoms with Crippen LogP contribution in [0.4, 0.5) is 30.8 Å². The van der Waals surface area contributed by atoms with E-state index in [1.807, 2.05) is 23.9 Å². The van der Waals surface area contributed by atoms with Crippen LogP contribution in [0.15, 0.2) is 24.7 Å². The van der Waals surface area contributed by atoms with E-state index in [1.54, 1.807) is 12.3 Å². The molecule has 7 nitrogen and oxygen atoms in total. The number of halogens is 3. The average Bonchev–Trinajstić information content (AvgIpc) is 2.61. The number of hydrogen-bond acceptors (Lipinski definition) is 7. The first-order valence-electron chi connectivity index (χ1n) is 8.24. The number of aromatic nitrogens is 4. The zero-order valence-corrected chi connectivity index (χ0v) is 14.5. The summed E-state index contributed by atoms with van der Waals surface area (Å²) < 4.78 is 38.6. The molecular formula is C16H20F3N7. The van der Waals surface area contributed by atoms with Gasteiger partial charge in [-0.1, -0.05) is 0 Å². The van der Waals surface area contributed by atoms with Crippen LogP contribution in [0.25, 0.3) is 0 Å². The monoisotopic (exact) mass is 367 g/mol. The van der Waals surface area contributed by atoms with Crippen LogP contribution in [-0.4, -0.2) is 53.2 Å². The molecule has 1 unspecified atom stereocenters. The second-order valence-corrected chi connectivity index (χ2v) is 6.32. The van der Waals surface area contributed by atoms with Crippen LogP contribution in [0.3, 0.4) is 0 Å². The minimum atomic E-state index is -4.48. The SMILES string of the molecule is CN(C)c1ccnc(NC2CCCN(c3cc(C(F)(F)F)ncn3)C2)n1. The van der Waals surface area contributed by atoms with Gasteiger partial charge in [-0.05, 0) is 18.9 Å². The van der Waals surface area contributed by atoms with Crippen molar-refractivity contribution in [3.8, 4) is 0 Å². The molecule has 0 radical (unpaired) electrons. The van der Waals surface area contributed by atoms with Crippen molar-refractivity contribution in [3.63, 3.8) is 0 Å². The summed E-state index contributed by atoms with van der Waals surface area (Å²) in [6.07, 6.45) is -0.143. The minimum absolute atomic E-state index is 0.0189. The summed E-state index contributed by atoms with van der Waals surface area (Å²) >= 11 is 0. The molecule has 0 saturated carbocycles. The van der Waals surface area contributed by atoms with Gasteiger partial charge < -0.3 is 15.1 Å². The van der Waals surface area contributed by atoms with Gasteiger partial charge in [0.25, 0.3) is 0 Å². The highest BCUT2D eigenvalue weighted by Crippen LogP contribution is 2.29. The highest BCUT2D eigenvalue weighted by molar-refractivity contribution is 5.43. The quantitative estimate of drug-likeness (QED) is 0.890. The summed E-state index contributed by atoms with van der Waals surface area (Å²) in [5, 5.41) is 3.26. The maximum atomic E-state index is 12.9. The van der Waals surface area contributed by atoms with Crippen molar-refractivity contribution in [1.82, 2.24) is 19.9 Å². The van der Waals surface area contributed by atoms with Gasteiger partial charge in [0.05, 0.1) is 0 Å². The first kappa shape index (κ1) is 18.2. The number of piperidine rings is 1. The van der Waals surface area contributed by atoms with Gasteiger partial charge in [0.1, 0.15) is 23.7 Å². The molecule has 1 saturated heterocycles. The van der Waals surface area contributed by atoms with Crippen LogP contribution in [0, 0.1) is 0 Å². The summed E-state index contributed by atoms with van der Waals surface area (Å²) in [4.78, 5) is 19.7. The largest absolute Gasteiger partial charge is 0.433 e. The van der Waals surface area contributed by atoms with Gasteiger partial charge in [0, 0.05) is 45.5 Å². The first-order chi connectivity index (χ1) is 12.3. The number of anilines is 3. The molecule has 2 aromatic heterocycles. The Labute approximate surface area is 149 Å². The molecule has 1 fully saturated rings. The van der Waals surface area contributed by atoms with Gasteiger partial charge in [0.2, 0.25) is 5.95 Å². The number of nitrogens with one attached hydrogen (secondary N) is 1. The van der Waals surface area contributed by atoms with Crippen molar-refractivity contribution in [2.75, 3.05) is 42.3 Å². The van der Waals surface area contributed by atoms with E-state index in [4.69, 9.17) is 0 Å². The van der Waals surface area contributed by atoms with Crippen molar-refractivity contribution in [2.45, 2.75) is 25.1 Å². The molecule has 10 heteroatoms. The lowest BCUT2D eigenvalue weighted by Crippen LogP contribution is -2.43. The Hall–Kier alpha value is -2.65. The predicted molar refractivity (Wildman–Crippen MR) is 92.3 cm³/mol. The molecule has 140 valence electrons. The fourth-order valence-corrected chi connectivity index (χ4v) is 2.83. The third kappa shape index (κ3) is 4.30. The van der Waals surface area contributed by atoms with E-state index in [1.165, 1.54) is 0 Å². The minimum Gasteiger partial charge on any atom is -0.363 e. The maximum Gasteiger partial charge on any atom is 0.433 e. The molecule has 0 bridgehead atoms. The van der Waals surface area contributed by atoms with E-state index in [9.17, 15) is 13.2 Å². The van der Waals surface area contributed by atoms with Crippen LogP contribution in [0.2, 0.25) is 0 Å². The zero-order chi connectivity index (χ0) is 18.7. The van der Waals surface area contributed by atoms with Gasteiger partial charge >= 0.3 is 6.18 Å². The summed E-state index contributed by atoms with van der Waals surface area (Å²) in [6.45, 7) is 1.16. The molecule has 3 heterocycles. The van der Waals surface area contributed by atoms with Crippen molar-refractivity contribution >= 4 is 17.6 Å².